The van der Waals surface area contributed by atoms with E-state index in [0.29, 0.717) is 0 Å². The van der Waals surface area contributed by atoms with Crippen molar-refractivity contribution in [3.8, 4) is 5.75 Å². The van der Waals surface area contributed by atoms with Gasteiger partial charge >= 0.3 is 0 Å². The van der Waals surface area contributed by atoms with Gasteiger partial charge in [0.1, 0.15) is 5.75 Å². The van der Waals surface area contributed by atoms with Crippen molar-refractivity contribution in [3.05, 3.63) is 30.0 Å². The number of methoxy groups -OCH3 is 1. The lowest BCUT2D eigenvalue weighted by Crippen LogP contribution is -2.19. The highest BCUT2D eigenvalue weighted by Gasteiger charge is 2.15. The molecule has 0 aliphatic rings. The van der Waals surface area contributed by atoms with Gasteiger partial charge in [-0.2, -0.15) is 0 Å². The number of aromatic amines is 1. The van der Waals surface area contributed by atoms with Gasteiger partial charge in [-0.05, 0) is 50.2 Å². The SMILES string of the molecule is [2H]C([2H])(C(CC)c1c[nH]c2ccc(OC)cc12)N(C)C. The highest BCUT2D eigenvalue weighted by atomic mass is 16.5. The van der Waals surface area contributed by atoms with Gasteiger partial charge < -0.3 is 14.6 Å². The highest BCUT2D eigenvalue weighted by molar-refractivity contribution is 5.85. The zero-order chi connectivity index (χ0) is 14.9. The van der Waals surface area contributed by atoms with Crippen molar-refractivity contribution < 1.29 is 7.48 Å². The topological polar surface area (TPSA) is 28.3 Å². The predicted molar refractivity (Wildman–Crippen MR) is 76.4 cm³/mol. The van der Waals surface area contributed by atoms with E-state index in [-0.39, 0.29) is 5.92 Å². The molecule has 98 valence electrons. The molecule has 0 amide bonds. The van der Waals surface area contributed by atoms with E-state index in [1.807, 2.05) is 31.3 Å². The minimum Gasteiger partial charge on any atom is -0.497 e. The van der Waals surface area contributed by atoms with Gasteiger partial charge in [-0.1, -0.05) is 6.92 Å². The Morgan fingerprint density at radius 3 is 2.83 bits per heavy atom. The summed E-state index contributed by atoms with van der Waals surface area (Å²) in [6.45, 7) is 0.623. The Balaban J connectivity index is 2.55. The maximum Gasteiger partial charge on any atom is 0.119 e. The average molecular weight is 248 g/mol. The Labute approximate surface area is 112 Å². The number of hydrogen-bond donors (Lipinski definition) is 1. The van der Waals surface area contributed by atoms with Crippen LogP contribution in [0, 0.1) is 0 Å². The molecule has 3 heteroatoms. The van der Waals surface area contributed by atoms with E-state index >= 15 is 0 Å². The van der Waals surface area contributed by atoms with Crippen molar-refractivity contribution >= 4 is 10.9 Å². The fourth-order valence-corrected chi connectivity index (χ4v) is 2.23. The van der Waals surface area contributed by atoms with Gasteiger partial charge in [0.05, 0.1) is 7.11 Å². The Bertz CT molecular complexity index is 593. The third kappa shape index (κ3) is 2.51. The molecule has 3 nitrogen and oxygen atoms in total. The van der Waals surface area contributed by atoms with Crippen LogP contribution in [0.3, 0.4) is 0 Å². The Morgan fingerprint density at radius 1 is 1.44 bits per heavy atom. The number of ether oxygens (including phenoxy) is 1. The molecule has 18 heavy (non-hydrogen) atoms. The maximum atomic E-state index is 8.34. The fourth-order valence-electron chi connectivity index (χ4n) is 2.23. The Morgan fingerprint density at radius 2 is 2.22 bits per heavy atom. The first-order valence-corrected chi connectivity index (χ1v) is 6.24. The molecule has 0 saturated heterocycles. The predicted octanol–water partition coefficient (Wildman–Crippen LogP) is 3.23. The summed E-state index contributed by atoms with van der Waals surface area (Å²) in [4.78, 5) is 4.86. The van der Waals surface area contributed by atoms with Crippen molar-refractivity contribution in [1.29, 1.82) is 0 Å². The summed E-state index contributed by atoms with van der Waals surface area (Å²) in [5.74, 6) is 0.594. The number of likely N-dealkylation sites (N-methyl/N-ethyl adjacent to an activating group) is 1. The van der Waals surface area contributed by atoms with Crippen LogP contribution in [0.5, 0.6) is 5.75 Å². The van der Waals surface area contributed by atoms with Gasteiger partial charge in [-0.25, -0.2) is 0 Å². The average Bonchev–Trinajstić information content (AvgIpc) is 2.82. The van der Waals surface area contributed by atoms with Gasteiger partial charge in [0, 0.05) is 26.3 Å². The van der Waals surface area contributed by atoms with Crippen LogP contribution in [0.4, 0.5) is 0 Å². The second-order valence-corrected chi connectivity index (χ2v) is 4.64. The van der Waals surface area contributed by atoms with Crippen LogP contribution in [0.25, 0.3) is 10.9 Å². The molecule has 0 spiro atoms. The van der Waals surface area contributed by atoms with Crippen molar-refractivity contribution in [1.82, 2.24) is 9.88 Å². The minimum absolute atomic E-state index is 0.196. The molecular formula is C15H22N2O. The van der Waals surface area contributed by atoms with Crippen LogP contribution in [0.15, 0.2) is 24.4 Å². The first-order chi connectivity index (χ1) is 9.41. The number of fused-ring (bicyclic) bond motifs is 1. The van der Waals surface area contributed by atoms with Crippen molar-refractivity contribution in [3.63, 3.8) is 0 Å². The minimum atomic E-state index is -1.40. The van der Waals surface area contributed by atoms with E-state index in [4.69, 9.17) is 7.48 Å². The molecule has 1 aromatic heterocycles. The number of rotatable bonds is 5. The fraction of sp³-hybridized carbons (Fsp3) is 0.467. The summed E-state index contributed by atoms with van der Waals surface area (Å²) in [5, 5.41) is 1.03. The van der Waals surface area contributed by atoms with Crippen LogP contribution in [-0.4, -0.2) is 37.6 Å². The van der Waals surface area contributed by atoms with E-state index in [9.17, 15) is 0 Å². The molecule has 1 unspecified atom stereocenters. The second kappa shape index (κ2) is 5.44. The lowest BCUT2D eigenvalue weighted by molar-refractivity contribution is 0.369. The van der Waals surface area contributed by atoms with E-state index in [2.05, 4.69) is 4.98 Å². The lowest BCUT2D eigenvalue weighted by atomic mass is 9.95. The normalized spacial score (nSPS) is 15.6. The Kier molecular flexibility index (Phi) is 3.16. The van der Waals surface area contributed by atoms with E-state index in [1.54, 1.807) is 26.1 Å². The molecule has 1 N–H and O–H groups in total. The highest BCUT2D eigenvalue weighted by Crippen LogP contribution is 2.30. The van der Waals surface area contributed by atoms with Crippen LogP contribution in [-0.2, 0) is 0 Å². The molecule has 1 aromatic carbocycles. The van der Waals surface area contributed by atoms with Crippen molar-refractivity contribution in [2.45, 2.75) is 19.3 Å². The van der Waals surface area contributed by atoms with E-state index in [1.165, 1.54) is 0 Å². The maximum absolute atomic E-state index is 8.34. The summed E-state index contributed by atoms with van der Waals surface area (Å²) >= 11 is 0. The summed E-state index contributed by atoms with van der Waals surface area (Å²) in [6.07, 6.45) is 2.65. The van der Waals surface area contributed by atoms with Gasteiger partial charge in [-0.15, -0.1) is 0 Å². The quantitative estimate of drug-likeness (QED) is 0.880. The molecule has 1 atom stereocenters. The standard InChI is InChI=1S/C15H22N2O/c1-5-11(10-17(2)3)14-9-16-15-7-6-12(18-4)8-13(14)15/h6-9,11,16H,5,10H2,1-4H3/i10D2. The molecule has 0 radical (unpaired) electrons. The zero-order valence-electron chi connectivity index (χ0n) is 13.4. The number of benzene rings is 1. The summed E-state index contributed by atoms with van der Waals surface area (Å²) < 4.78 is 21.9. The first kappa shape index (κ1) is 10.4. The molecule has 0 aliphatic carbocycles. The lowest BCUT2D eigenvalue weighted by Gasteiger charge is -2.19. The molecule has 0 aliphatic heterocycles. The largest absolute Gasteiger partial charge is 0.497 e. The third-order valence-corrected chi connectivity index (χ3v) is 3.12. The van der Waals surface area contributed by atoms with Gasteiger partial charge in [0.25, 0.3) is 0 Å². The van der Waals surface area contributed by atoms with Crippen molar-refractivity contribution in [2.75, 3.05) is 27.7 Å². The van der Waals surface area contributed by atoms with Crippen LogP contribution >= 0.6 is 0 Å². The molecule has 2 rings (SSSR count). The number of H-pyrrole nitrogens is 1. The van der Waals surface area contributed by atoms with Crippen LogP contribution in [0.1, 0.15) is 27.6 Å². The van der Waals surface area contributed by atoms with E-state index < -0.39 is 6.50 Å². The second-order valence-electron chi connectivity index (χ2n) is 4.64. The first-order valence-electron chi connectivity index (χ1n) is 7.24. The Hall–Kier alpha value is -1.48. The molecule has 0 bridgehead atoms. The number of nitrogens with one attached hydrogen (secondary N) is 1. The summed E-state index contributed by atoms with van der Waals surface area (Å²) in [7, 11) is 5.19. The molecule has 0 saturated carbocycles. The monoisotopic (exact) mass is 248 g/mol. The van der Waals surface area contributed by atoms with Crippen molar-refractivity contribution in [2.24, 2.45) is 0 Å². The van der Waals surface area contributed by atoms with E-state index in [0.717, 1.165) is 28.6 Å². The van der Waals surface area contributed by atoms with Gasteiger partial charge in [-0.3, -0.25) is 0 Å². The third-order valence-electron chi connectivity index (χ3n) is 3.12. The van der Waals surface area contributed by atoms with Gasteiger partial charge in [0.15, 0.2) is 0 Å². The van der Waals surface area contributed by atoms with Crippen LogP contribution < -0.4 is 4.74 Å². The van der Waals surface area contributed by atoms with Gasteiger partial charge in [0.2, 0.25) is 0 Å². The number of aromatic nitrogens is 1. The molecule has 2 aromatic rings. The molecule has 0 fully saturated rings. The molecule has 1 heterocycles. The number of hydrogen-bond acceptors (Lipinski definition) is 2. The summed E-state index contributed by atoms with van der Waals surface area (Å²) in [5.41, 5.74) is 2.01. The number of nitrogens with zero attached hydrogens (tertiary/aromatic N) is 1. The molecular weight excluding hydrogens is 224 g/mol. The van der Waals surface area contributed by atoms with Crippen LogP contribution in [0.2, 0.25) is 0 Å². The summed E-state index contributed by atoms with van der Waals surface area (Å²) in [6, 6.07) is 5.84. The zero-order valence-corrected chi connectivity index (χ0v) is 11.4. The smallest absolute Gasteiger partial charge is 0.119 e.